The van der Waals surface area contributed by atoms with Gasteiger partial charge in [-0.2, -0.15) is 0 Å². The molecule has 142 valence electrons. The Kier molecular flexibility index (Phi) is 3.77. The molecule has 28 heavy (non-hydrogen) atoms. The van der Waals surface area contributed by atoms with Crippen molar-refractivity contribution in [3.8, 4) is 5.75 Å². The maximum Gasteiger partial charge on any atom is 0.256 e. The average Bonchev–Trinajstić information content (AvgIpc) is 3.15. The summed E-state index contributed by atoms with van der Waals surface area (Å²) in [6, 6.07) is 14.9. The van der Waals surface area contributed by atoms with Gasteiger partial charge in [0.15, 0.2) is 0 Å². The fourth-order valence-corrected chi connectivity index (χ4v) is 4.58. The van der Waals surface area contributed by atoms with Gasteiger partial charge >= 0.3 is 0 Å². The number of benzene rings is 2. The van der Waals surface area contributed by atoms with E-state index in [0.29, 0.717) is 36.0 Å². The lowest BCUT2D eigenvalue weighted by atomic mass is 9.74. The van der Waals surface area contributed by atoms with Crippen molar-refractivity contribution in [3.05, 3.63) is 76.2 Å². The van der Waals surface area contributed by atoms with E-state index in [-0.39, 0.29) is 24.0 Å². The van der Waals surface area contributed by atoms with Gasteiger partial charge in [0.25, 0.3) is 11.5 Å². The highest BCUT2D eigenvalue weighted by Gasteiger charge is 2.52. The zero-order valence-corrected chi connectivity index (χ0v) is 15.2. The lowest BCUT2D eigenvalue weighted by Gasteiger charge is -2.37. The second kappa shape index (κ2) is 6.21. The summed E-state index contributed by atoms with van der Waals surface area (Å²) in [4.78, 5) is 29.9. The third-order valence-corrected chi connectivity index (χ3v) is 6.10. The molecule has 2 atom stereocenters. The number of fused-ring (bicyclic) bond motifs is 4. The third-order valence-electron chi connectivity index (χ3n) is 6.10. The molecule has 6 heteroatoms. The summed E-state index contributed by atoms with van der Waals surface area (Å²) in [6.07, 6.45) is 1.49. The molecule has 3 heterocycles. The summed E-state index contributed by atoms with van der Waals surface area (Å²) in [5.74, 6) is 0.688. The molecule has 2 aliphatic heterocycles. The number of ether oxygens (including phenoxy) is 1. The minimum absolute atomic E-state index is 0.0143. The number of aliphatic hydroxyl groups excluding tert-OH is 1. The maximum atomic E-state index is 13.4. The van der Waals surface area contributed by atoms with Crippen LogP contribution in [0.25, 0.3) is 10.8 Å². The molecule has 0 spiro atoms. The third kappa shape index (κ3) is 2.38. The van der Waals surface area contributed by atoms with Crippen molar-refractivity contribution in [1.29, 1.82) is 0 Å². The molecule has 5 rings (SSSR count). The van der Waals surface area contributed by atoms with E-state index in [1.165, 1.54) is 6.20 Å². The molecule has 1 saturated heterocycles. The van der Waals surface area contributed by atoms with Gasteiger partial charge in [-0.05, 0) is 17.7 Å². The number of carbonyl (C=O) groups excluding carboxylic acids is 1. The number of nitrogens with one attached hydrogen (secondary N) is 1. The number of likely N-dealkylation sites (tertiary alicyclic amines) is 1. The monoisotopic (exact) mass is 376 g/mol. The minimum atomic E-state index is -0.512. The molecule has 0 bridgehead atoms. The molecule has 6 nitrogen and oxygen atoms in total. The second-order valence-electron chi connectivity index (χ2n) is 7.66. The van der Waals surface area contributed by atoms with Crippen LogP contribution in [0.5, 0.6) is 5.75 Å². The highest BCUT2D eigenvalue weighted by Crippen LogP contribution is 2.49. The summed E-state index contributed by atoms with van der Waals surface area (Å²) < 4.78 is 5.91. The van der Waals surface area contributed by atoms with Crippen molar-refractivity contribution in [3.63, 3.8) is 0 Å². The van der Waals surface area contributed by atoms with Crippen LogP contribution in [0.15, 0.2) is 59.5 Å². The molecule has 1 amide bonds. The van der Waals surface area contributed by atoms with E-state index in [9.17, 15) is 14.7 Å². The average molecular weight is 376 g/mol. The van der Waals surface area contributed by atoms with Gasteiger partial charge in [-0.3, -0.25) is 9.59 Å². The first kappa shape index (κ1) is 17.0. The van der Waals surface area contributed by atoms with Gasteiger partial charge in [0.1, 0.15) is 5.75 Å². The first-order chi connectivity index (χ1) is 13.6. The molecule has 2 aromatic carbocycles. The number of H-pyrrole nitrogens is 1. The Morgan fingerprint density at radius 1 is 1.18 bits per heavy atom. The summed E-state index contributed by atoms with van der Waals surface area (Å²) >= 11 is 0. The lowest BCUT2D eigenvalue weighted by molar-refractivity contribution is 0.0440. The van der Waals surface area contributed by atoms with Crippen LogP contribution in [0.1, 0.15) is 21.8 Å². The molecule has 2 aliphatic rings. The van der Waals surface area contributed by atoms with Crippen LogP contribution in [-0.2, 0) is 0 Å². The number of carbonyl (C=O) groups is 1. The predicted octanol–water partition coefficient (Wildman–Crippen LogP) is 2.14. The number of amides is 1. The number of aliphatic hydroxyl groups is 1. The van der Waals surface area contributed by atoms with Crippen molar-refractivity contribution >= 4 is 16.7 Å². The standard InChI is InChI=1S/C22H20N2O4/c25-12-22-11-24(10-18(22)16-7-3-4-8-19(16)28-13-22)21(27)17-9-23-20(26)15-6-2-1-5-14(15)17/h1-9,18,25H,10-13H2,(H,23,26)/t18-,22-/m1/s1. The maximum absolute atomic E-state index is 13.4. The molecule has 3 aromatic rings. The minimum Gasteiger partial charge on any atom is -0.493 e. The highest BCUT2D eigenvalue weighted by molar-refractivity contribution is 6.06. The Labute approximate surface area is 161 Å². The van der Waals surface area contributed by atoms with Crippen molar-refractivity contribution < 1.29 is 14.6 Å². The largest absolute Gasteiger partial charge is 0.493 e. The summed E-state index contributed by atoms with van der Waals surface area (Å²) in [7, 11) is 0. The van der Waals surface area contributed by atoms with Crippen LogP contribution in [-0.4, -0.2) is 47.2 Å². The van der Waals surface area contributed by atoms with Gasteiger partial charge in [-0.25, -0.2) is 0 Å². The van der Waals surface area contributed by atoms with Gasteiger partial charge in [0, 0.05) is 36.0 Å². The number of aromatic nitrogens is 1. The van der Waals surface area contributed by atoms with Crippen molar-refractivity contribution in [1.82, 2.24) is 9.88 Å². The Bertz CT molecular complexity index is 1140. The number of nitrogens with zero attached hydrogens (tertiary/aromatic N) is 1. The van der Waals surface area contributed by atoms with Gasteiger partial charge in [-0.15, -0.1) is 0 Å². The van der Waals surface area contributed by atoms with Crippen LogP contribution >= 0.6 is 0 Å². The zero-order chi connectivity index (χ0) is 19.3. The second-order valence-corrected chi connectivity index (χ2v) is 7.66. The Morgan fingerprint density at radius 2 is 1.93 bits per heavy atom. The van der Waals surface area contributed by atoms with Gasteiger partial charge in [-0.1, -0.05) is 36.4 Å². The molecule has 0 aliphatic carbocycles. The Morgan fingerprint density at radius 3 is 2.75 bits per heavy atom. The van der Waals surface area contributed by atoms with E-state index in [1.807, 2.05) is 30.3 Å². The van der Waals surface area contributed by atoms with Crippen LogP contribution in [0.2, 0.25) is 0 Å². The summed E-state index contributed by atoms with van der Waals surface area (Å²) in [5.41, 5.74) is 0.777. The first-order valence-corrected chi connectivity index (χ1v) is 9.35. The van der Waals surface area contributed by atoms with Gasteiger partial charge in [0.2, 0.25) is 0 Å². The summed E-state index contributed by atoms with van der Waals surface area (Å²) in [5, 5.41) is 11.3. The Hall–Kier alpha value is -3.12. The normalized spacial score (nSPS) is 23.2. The number of hydrogen-bond acceptors (Lipinski definition) is 4. The fraction of sp³-hybridized carbons (Fsp3) is 0.273. The summed E-state index contributed by atoms with van der Waals surface area (Å²) in [6.45, 7) is 1.24. The molecule has 1 aromatic heterocycles. The molecule has 2 N–H and O–H groups in total. The van der Waals surface area contributed by atoms with Gasteiger partial charge < -0.3 is 19.7 Å². The van der Waals surface area contributed by atoms with Crippen LogP contribution in [0.4, 0.5) is 0 Å². The number of pyridine rings is 1. The van der Waals surface area contributed by atoms with E-state index in [1.54, 1.807) is 23.1 Å². The van der Waals surface area contributed by atoms with E-state index >= 15 is 0 Å². The molecule has 0 saturated carbocycles. The van der Waals surface area contributed by atoms with E-state index in [2.05, 4.69) is 4.98 Å². The quantitative estimate of drug-likeness (QED) is 0.718. The van der Waals surface area contributed by atoms with Crippen LogP contribution < -0.4 is 10.3 Å². The van der Waals surface area contributed by atoms with Crippen molar-refractivity contribution in [2.24, 2.45) is 5.41 Å². The predicted molar refractivity (Wildman–Crippen MR) is 105 cm³/mol. The number of hydrogen-bond donors (Lipinski definition) is 2. The lowest BCUT2D eigenvalue weighted by Crippen LogP contribution is -2.42. The van der Waals surface area contributed by atoms with Gasteiger partial charge in [0.05, 0.1) is 24.2 Å². The highest BCUT2D eigenvalue weighted by atomic mass is 16.5. The number of aromatic amines is 1. The molecular formula is C22H20N2O4. The zero-order valence-electron chi connectivity index (χ0n) is 15.2. The van der Waals surface area contributed by atoms with Crippen molar-refractivity contribution in [2.45, 2.75) is 5.92 Å². The SMILES string of the molecule is O=C(c1c[nH]c(=O)c2ccccc12)N1C[C@@H]2c3ccccc3OC[C@]2(CO)C1. The molecule has 0 unspecified atom stereocenters. The van der Waals surface area contributed by atoms with Crippen LogP contribution in [0.3, 0.4) is 0 Å². The molecule has 1 fully saturated rings. The first-order valence-electron chi connectivity index (χ1n) is 9.35. The smallest absolute Gasteiger partial charge is 0.256 e. The van der Waals surface area contributed by atoms with E-state index in [0.717, 1.165) is 11.3 Å². The molecule has 0 radical (unpaired) electrons. The number of rotatable bonds is 2. The van der Waals surface area contributed by atoms with E-state index < -0.39 is 5.41 Å². The Balaban J connectivity index is 1.55. The van der Waals surface area contributed by atoms with Crippen molar-refractivity contribution in [2.75, 3.05) is 26.3 Å². The fourth-order valence-electron chi connectivity index (χ4n) is 4.58. The molecular weight excluding hydrogens is 356 g/mol. The van der Waals surface area contributed by atoms with E-state index in [4.69, 9.17) is 4.74 Å². The number of para-hydroxylation sites is 1. The van der Waals surface area contributed by atoms with Crippen LogP contribution in [0, 0.1) is 5.41 Å². The topological polar surface area (TPSA) is 82.6 Å².